The first-order chi connectivity index (χ1) is 8.08. The molecule has 0 aliphatic rings. The Morgan fingerprint density at radius 3 is 2.65 bits per heavy atom. The summed E-state index contributed by atoms with van der Waals surface area (Å²) in [7, 11) is 0. The van der Waals surface area contributed by atoms with Crippen molar-refractivity contribution >= 4 is 33.5 Å². The molecule has 1 aromatic heterocycles. The second-order valence-electron chi connectivity index (χ2n) is 3.35. The maximum atomic E-state index is 10.9. The zero-order valence-corrected chi connectivity index (χ0v) is 10.9. The number of hydrogen-bond acceptors (Lipinski definition) is 2. The summed E-state index contributed by atoms with van der Waals surface area (Å²) >= 11 is 9.23. The molecule has 1 N–H and O–H groups in total. The number of halogens is 2. The molecule has 0 fully saturated rings. The van der Waals surface area contributed by atoms with Crippen LogP contribution in [0.4, 0.5) is 0 Å². The Hall–Kier alpha value is -1.39. The number of carboxylic acid groups (broad SMARTS) is 1. The van der Waals surface area contributed by atoms with Crippen molar-refractivity contribution in [2.45, 2.75) is 0 Å². The van der Waals surface area contributed by atoms with Crippen LogP contribution < -0.4 is 0 Å². The standard InChI is InChI=1S/C12H7BrClNO2/c13-11-6-7(12(16)17)5-10(15-11)8-3-1-2-4-9(8)14/h1-6H,(H,16,17). The predicted molar refractivity (Wildman–Crippen MR) is 69.3 cm³/mol. The molecular weight excluding hydrogens is 305 g/mol. The number of benzene rings is 1. The van der Waals surface area contributed by atoms with Crippen molar-refractivity contribution in [2.75, 3.05) is 0 Å². The van der Waals surface area contributed by atoms with E-state index in [2.05, 4.69) is 20.9 Å². The number of carboxylic acids is 1. The van der Waals surface area contributed by atoms with Gasteiger partial charge in [-0.05, 0) is 34.1 Å². The first-order valence-corrected chi connectivity index (χ1v) is 5.91. The minimum Gasteiger partial charge on any atom is -0.478 e. The molecule has 0 bridgehead atoms. The fourth-order valence-electron chi connectivity index (χ4n) is 1.43. The number of hydrogen-bond donors (Lipinski definition) is 1. The molecule has 0 saturated heterocycles. The summed E-state index contributed by atoms with van der Waals surface area (Å²) in [5.74, 6) is -0.999. The van der Waals surface area contributed by atoms with Gasteiger partial charge >= 0.3 is 5.97 Å². The normalized spacial score (nSPS) is 10.2. The summed E-state index contributed by atoms with van der Waals surface area (Å²) in [5, 5.41) is 9.50. The van der Waals surface area contributed by atoms with Crippen LogP contribution in [0.25, 0.3) is 11.3 Å². The highest BCUT2D eigenvalue weighted by Crippen LogP contribution is 2.28. The highest BCUT2D eigenvalue weighted by Gasteiger charge is 2.10. The van der Waals surface area contributed by atoms with E-state index in [-0.39, 0.29) is 5.56 Å². The molecule has 0 amide bonds. The maximum absolute atomic E-state index is 10.9. The van der Waals surface area contributed by atoms with E-state index in [0.717, 1.165) is 0 Å². The predicted octanol–water partition coefficient (Wildman–Crippen LogP) is 3.86. The third-order valence-electron chi connectivity index (χ3n) is 2.19. The van der Waals surface area contributed by atoms with Crippen molar-refractivity contribution in [2.24, 2.45) is 0 Å². The van der Waals surface area contributed by atoms with Gasteiger partial charge in [0.2, 0.25) is 0 Å². The Morgan fingerprint density at radius 1 is 1.29 bits per heavy atom. The summed E-state index contributed by atoms with van der Waals surface area (Å²) in [6.07, 6.45) is 0. The Bertz CT molecular complexity index is 586. The molecule has 0 aliphatic heterocycles. The van der Waals surface area contributed by atoms with Gasteiger partial charge in [-0.15, -0.1) is 0 Å². The molecule has 5 heteroatoms. The molecule has 2 aromatic rings. The van der Waals surface area contributed by atoms with Crippen LogP contribution in [0.2, 0.25) is 5.02 Å². The van der Waals surface area contributed by atoms with Gasteiger partial charge in [-0.25, -0.2) is 9.78 Å². The van der Waals surface area contributed by atoms with E-state index in [9.17, 15) is 4.79 Å². The first kappa shape index (κ1) is 12.1. The Balaban J connectivity index is 2.60. The van der Waals surface area contributed by atoms with E-state index in [4.69, 9.17) is 16.7 Å². The lowest BCUT2D eigenvalue weighted by Gasteiger charge is -2.05. The molecule has 0 unspecified atom stereocenters. The number of carbonyl (C=O) groups is 1. The summed E-state index contributed by atoms with van der Waals surface area (Å²) < 4.78 is 0.465. The van der Waals surface area contributed by atoms with Crippen molar-refractivity contribution in [1.82, 2.24) is 4.98 Å². The lowest BCUT2D eigenvalue weighted by Crippen LogP contribution is -1.98. The van der Waals surface area contributed by atoms with Gasteiger partial charge in [0, 0.05) is 10.6 Å². The molecule has 2 rings (SSSR count). The highest BCUT2D eigenvalue weighted by molar-refractivity contribution is 9.10. The van der Waals surface area contributed by atoms with Gasteiger partial charge in [0.1, 0.15) is 4.60 Å². The zero-order chi connectivity index (χ0) is 12.4. The Morgan fingerprint density at radius 2 is 2.00 bits per heavy atom. The molecule has 0 atom stereocenters. The Kier molecular flexibility index (Phi) is 3.45. The number of aromatic nitrogens is 1. The summed E-state index contributed by atoms with van der Waals surface area (Å²) in [4.78, 5) is 15.2. The topological polar surface area (TPSA) is 50.2 Å². The molecule has 0 spiro atoms. The van der Waals surface area contributed by atoms with Crippen LogP contribution >= 0.6 is 27.5 Å². The van der Waals surface area contributed by atoms with Crippen LogP contribution in [0.1, 0.15) is 10.4 Å². The molecule has 0 aliphatic carbocycles. The lowest BCUT2D eigenvalue weighted by molar-refractivity contribution is 0.0696. The molecular formula is C12H7BrClNO2. The van der Waals surface area contributed by atoms with E-state index >= 15 is 0 Å². The highest BCUT2D eigenvalue weighted by atomic mass is 79.9. The molecule has 0 saturated carbocycles. The van der Waals surface area contributed by atoms with Crippen molar-refractivity contribution < 1.29 is 9.90 Å². The van der Waals surface area contributed by atoms with Crippen LogP contribution in [0.5, 0.6) is 0 Å². The van der Waals surface area contributed by atoms with Crippen LogP contribution in [0.3, 0.4) is 0 Å². The zero-order valence-electron chi connectivity index (χ0n) is 8.52. The molecule has 17 heavy (non-hydrogen) atoms. The van der Waals surface area contributed by atoms with Crippen LogP contribution in [-0.4, -0.2) is 16.1 Å². The van der Waals surface area contributed by atoms with E-state index in [0.29, 0.717) is 20.9 Å². The lowest BCUT2D eigenvalue weighted by atomic mass is 10.1. The van der Waals surface area contributed by atoms with Gasteiger partial charge in [0.05, 0.1) is 11.3 Å². The molecule has 3 nitrogen and oxygen atoms in total. The molecule has 0 radical (unpaired) electrons. The van der Waals surface area contributed by atoms with Gasteiger partial charge in [-0.3, -0.25) is 0 Å². The van der Waals surface area contributed by atoms with Gasteiger partial charge < -0.3 is 5.11 Å². The van der Waals surface area contributed by atoms with E-state index in [1.807, 2.05) is 12.1 Å². The van der Waals surface area contributed by atoms with E-state index in [1.54, 1.807) is 12.1 Å². The quantitative estimate of drug-likeness (QED) is 0.857. The average molecular weight is 313 g/mol. The van der Waals surface area contributed by atoms with Gasteiger partial charge in [0.15, 0.2) is 0 Å². The first-order valence-electron chi connectivity index (χ1n) is 4.73. The smallest absolute Gasteiger partial charge is 0.335 e. The molecule has 86 valence electrons. The van der Waals surface area contributed by atoms with E-state index in [1.165, 1.54) is 12.1 Å². The third-order valence-corrected chi connectivity index (χ3v) is 2.93. The van der Waals surface area contributed by atoms with Gasteiger partial charge in [0.25, 0.3) is 0 Å². The third kappa shape index (κ3) is 2.65. The molecule has 1 heterocycles. The molecule has 1 aromatic carbocycles. The number of pyridine rings is 1. The van der Waals surface area contributed by atoms with Crippen LogP contribution in [0, 0.1) is 0 Å². The fourth-order valence-corrected chi connectivity index (χ4v) is 2.10. The minimum atomic E-state index is -0.999. The SMILES string of the molecule is O=C(O)c1cc(Br)nc(-c2ccccc2Cl)c1. The number of rotatable bonds is 2. The van der Waals surface area contributed by atoms with Crippen molar-refractivity contribution in [3.63, 3.8) is 0 Å². The maximum Gasteiger partial charge on any atom is 0.335 e. The largest absolute Gasteiger partial charge is 0.478 e. The monoisotopic (exact) mass is 311 g/mol. The van der Waals surface area contributed by atoms with Crippen molar-refractivity contribution in [1.29, 1.82) is 0 Å². The summed E-state index contributed by atoms with van der Waals surface area (Å²) in [6.45, 7) is 0. The minimum absolute atomic E-state index is 0.168. The average Bonchev–Trinajstić information content (AvgIpc) is 2.28. The number of nitrogens with zero attached hydrogens (tertiary/aromatic N) is 1. The van der Waals surface area contributed by atoms with Crippen LogP contribution in [-0.2, 0) is 0 Å². The van der Waals surface area contributed by atoms with Crippen LogP contribution in [0.15, 0.2) is 41.0 Å². The second kappa shape index (κ2) is 4.85. The van der Waals surface area contributed by atoms with Crippen molar-refractivity contribution in [3.05, 3.63) is 51.6 Å². The van der Waals surface area contributed by atoms with Gasteiger partial charge in [-0.2, -0.15) is 0 Å². The Labute approximate surface area is 111 Å². The fraction of sp³-hybridized carbons (Fsp3) is 0. The second-order valence-corrected chi connectivity index (χ2v) is 4.57. The van der Waals surface area contributed by atoms with Crippen molar-refractivity contribution in [3.8, 4) is 11.3 Å². The summed E-state index contributed by atoms with van der Waals surface area (Å²) in [5.41, 5.74) is 1.40. The number of aromatic carboxylic acids is 1. The summed E-state index contributed by atoms with van der Waals surface area (Å²) in [6, 6.07) is 10.1. The van der Waals surface area contributed by atoms with Gasteiger partial charge in [-0.1, -0.05) is 29.8 Å². The van der Waals surface area contributed by atoms with E-state index < -0.39 is 5.97 Å².